The lowest BCUT2D eigenvalue weighted by molar-refractivity contribution is 0.211. The number of alkyl halides is 1. The van der Waals surface area contributed by atoms with Gasteiger partial charge in [-0.3, -0.25) is 0 Å². The Morgan fingerprint density at radius 1 is 1.56 bits per heavy atom. The van der Waals surface area contributed by atoms with Crippen LogP contribution in [0.1, 0.15) is 5.56 Å². The fraction of sp³-hybridized carbons (Fsp3) is 0.500. The number of aliphatic hydroxyl groups excluding tert-OH is 1. The highest BCUT2D eigenvalue weighted by atomic mass is 35.5. The molecule has 0 amide bonds. The second-order valence-corrected chi connectivity index (χ2v) is 4.51. The predicted molar refractivity (Wildman–Crippen MR) is 68.6 cm³/mol. The van der Waals surface area contributed by atoms with Crippen LogP contribution in [0, 0.1) is 0 Å². The van der Waals surface area contributed by atoms with Crippen LogP contribution in [0.4, 0.5) is 11.4 Å². The third-order valence-electron chi connectivity index (χ3n) is 2.93. The molecule has 88 valence electrons. The zero-order chi connectivity index (χ0) is 11.5. The van der Waals surface area contributed by atoms with E-state index in [-0.39, 0.29) is 5.88 Å². The van der Waals surface area contributed by atoms with Gasteiger partial charge in [-0.1, -0.05) is 0 Å². The highest BCUT2D eigenvalue weighted by molar-refractivity contribution is 6.18. The summed E-state index contributed by atoms with van der Waals surface area (Å²) in [6, 6.07) is 6.32. The summed E-state index contributed by atoms with van der Waals surface area (Å²) in [5.74, 6) is 0.265. The number of fused-ring (bicyclic) bond motifs is 1. The van der Waals surface area contributed by atoms with E-state index < -0.39 is 6.10 Å². The van der Waals surface area contributed by atoms with Crippen molar-refractivity contribution in [3.05, 3.63) is 23.8 Å². The lowest BCUT2D eigenvalue weighted by Crippen LogP contribution is -2.20. The first-order valence-electron chi connectivity index (χ1n) is 5.52. The number of nitrogens with zero attached hydrogens (tertiary/aromatic N) is 1. The van der Waals surface area contributed by atoms with Gasteiger partial charge in [-0.05, 0) is 30.2 Å². The maximum Gasteiger partial charge on any atom is 0.0847 e. The normalized spacial score (nSPS) is 16.1. The Morgan fingerprint density at radius 3 is 3.12 bits per heavy atom. The number of nitrogens with one attached hydrogen (secondary N) is 1. The summed E-state index contributed by atoms with van der Waals surface area (Å²) in [6.07, 6.45) is 0.608. The van der Waals surface area contributed by atoms with Crippen molar-refractivity contribution in [1.29, 1.82) is 0 Å². The second-order valence-electron chi connectivity index (χ2n) is 4.20. The SMILES string of the molecule is CN1CCc2cc(NCC(O)CCl)ccc21. The van der Waals surface area contributed by atoms with E-state index in [1.165, 1.54) is 11.3 Å². The Kier molecular flexibility index (Phi) is 3.56. The summed E-state index contributed by atoms with van der Waals surface area (Å²) in [7, 11) is 2.11. The molecule has 0 aliphatic carbocycles. The van der Waals surface area contributed by atoms with Crippen molar-refractivity contribution in [3.8, 4) is 0 Å². The van der Waals surface area contributed by atoms with Crippen LogP contribution < -0.4 is 10.2 Å². The predicted octanol–water partition coefficient (Wildman–Crippen LogP) is 1.69. The number of hydrogen-bond donors (Lipinski definition) is 2. The van der Waals surface area contributed by atoms with Crippen LogP contribution in [-0.2, 0) is 6.42 Å². The van der Waals surface area contributed by atoms with Crippen LogP contribution >= 0.6 is 11.6 Å². The topological polar surface area (TPSA) is 35.5 Å². The number of halogens is 1. The van der Waals surface area contributed by atoms with E-state index in [0.29, 0.717) is 6.54 Å². The smallest absolute Gasteiger partial charge is 0.0847 e. The molecule has 1 aromatic carbocycles. The van der Waals surface area contributed by atoms with Gasteiger partial charge in [0.15, 0.2) is 0 Å². The number of rotatable bonds is 4. The minimum absolute atomic E-state index is 0.265. The molecule has 0 aromatic heterocycles. The summed E-state index contributed by atoms with van der Waals surface area (Å²) in [5, 5.41) is 12.5. The number of aliphatic hydroxyl groups is 1. The Morgan fingerprint density at radius 2 is 2.38 bits per heavy atom. The number of likely N-dealkylation sites (N-methyl/N-ethyl adjacent to an activating group) is 1. The Balaban J connectivity index is 2.02. The zero-order valence-electron chi connectivity index (χ0n) is 9.41. The zero-order valence-corrected chi connectivity index (χ0v) is 10.2. The maximum absolute atomic E-state index is 9.35. The molecule has 0 radical (unpaired) electrons. The average molecular weight is 241 g/mol. The van der Waals surface area contributed by atoms with Gasteiger partial charge < -0.3 is 15.3 Å². The van der Waals surface area contributed by atoms with Gasteiger partial charge in [0.05, 0.1) is 12.0 Å². The molecule has 4 heteroatoms. The molecule has 1 aliphatic heterocycles. The molecule has 1 heterocycles. The van der Waals surface area contributed by atoms with Crippen LogP contribution in [0.3, 0.4) is 0 Å². The first-order chi connectivity index (χ1) is 7.70. The lowest BCUT2D eigenvalue weighted by atomic mass is 10.1. The third kappa shape index (κ3) is 2.42. The molecular formula is C12H17ClN2O. The molecular weight excluding hydrogens is 224 g/mol. The first-order valence-corrected chi connectivity index (χ1v) is 6.06. The van der Waals surface area contributed by atoms with Crippen LogP contribution in [-0.4, -0.2) is 37.2 Å². The summed E-state index contributed by atoms with van der Waals surface area (Å²) in [5.41, 5.74) is 3.73. The molecule has 3 nitrogen and oxygen atoms in total. The van der Waals surface area contributed by atoms with Crippen LogP contribution in [0.15, 0.2) is 18.2 Å². The molecule has 1 aliphatic rings. The number of benzene rings is 1. The van der Waals surface area contributed by atoms with Gasteiger partial charge in [0.2, 0.25) is 0 Å². The molecule has 2 N–H and O–H groups in total. The summed E-state index contributed by atoms with van der Waals surface area (Å²) in [4.78, 5) is 2.26. The first kappa shape index (κ1) is 11.6. The van der Waals surface area contributed by atoms with E-state index in [4.69, 9.17) is 11.6 Å². The fourth-order valence-electron chi connectivity index (χ4n) is 1.97. The number of hydrogen-bond acceptors (Lipinski definition) is 3. The molecule has 1 aromatic rings. The van der Waals surface area contributed by atoms with Gasteiger partial charge in [-0.25, -0.2) is 0 Å². The minimum Gasteiger partial charge on any atom is -0.390 e. The summed E-state index contributed by atoms with van der Waals surface area (Å²) >= 11 is 5.53. The lowest BCUT2D eigenvalue weighted by Gasteiger charge is -2.14. The van der Waals surface area contributed by atoms with E-state index in [9.17, 15) is 5.11 Å². The molecule has 1 atom stereocenters. The minimum atomic E-state index is -0.488. The highest BCUT2D eigenvalue weighted by Gasteiger charge is 2.15. The molecule has 2 rings (SSSR count). The van der Waals surface area contributed by atoms with Crippen molar-refractivity contribution in [2.75, 3.05) is 36.2 Å². The molecule has 0 spiro atoms. The Hall–Kier alpha value is -0.930. The van der Waals surface area contributed by atoms with Crippen molar-refractivity contribution in [2.24, 2.45) is 0 Å². The molecule has 0 bridgehead atoms. The van der Waals surface area contributed by atoms with Crippen molar-refractivity contribution in [2.45, 2.75) is 12.5 Å². The van der Waals surface area contributed by atoms with Gasteiger partial charge in [-0.15, -0.1) is 11.6 Å². The molecule has 0 fully saturated rings. The summed E-state index contributed by atoms with van der Waals surface area (Å²) < 4.78 is 0. The monoisotopic (exact) mass is 240 g/mol. The molecule has 1 unspecified atom stereocenters. The van der Waals surface area contributed by atoms with E-state index in [2.05, 4.69) is 29.4 Å². The standard InChI is InChI=1S/C12H17ClN2O/c1-15-5-4-9-6-10(2-3-12(9)15)14-8-11(16)7-13/h2-3,6,11,14,16H,4-5,7-8H2,1H3. The molecule has 16 heavy (non-hydrogen) atoms. The summed E-state index contributed by atoms with van der Waals surface area (Å²) in [6.45, 7) is 1.58. The van der Waals surface area contributed by atoms with Crippen molar-refractivity contribution in [3.63, 3.8) is 0 Å². The fourth-order valence-corrected chi connectivity index (χ4v) is 2.08. The second kappa shape index (κ2) is 4.93. The highest BCUT2D eigenvalue weighted by Crippen LogP contribution is 2.28. The van der Waals surface area contributed by atoms with E-state index in [0.717, 1.165) is 18.7 Å². The van der Waals surface area contributed by atoms with E-state index >= 15 is 0 Å². The van der Waals surface area contributed by atoms with Gasteiger partial charge in [0.25, 0.3) is 0 Å². The molecule has 0 saturated heterocycles. The molecule has 0 saturated carbocycles. The van der Waals surface area contributed by atoms with Crippen molar-refractivity contribution < 1.29 is 5.11 Å². The Labute approximate surface area is 101 Å². The van der Waals surface area contributed by atoms with Crippen LogP contribution in [0.5, 0.6) is 0 Å². The Bertz CT molecular complexity index is 370. The van der Waals surface area contributed by atoms with E-state index in [1.807, 2.05) is 6.07 Å². The largest absolute Gasteiger partial charge is 0.390 e. The third-order valence-corrected chi connectivity index (χ3v) is 3.28. The van der Waals surface area contributed by atoms with Crippen LogP contribution in [0.25, 0.3) is 0 Å². The van der Waals surface area contributed by atoms with E-state index in [1.54, 1.807) is 0 Å². The van der Waals surface area contributed by atoms with Crippen molar-refractivity contribution >= 4 is 23.0 Å². The van der Waals surface area contributed by atoms with Gasteiger partial charge in [-0.2, -0.15) is 0 Å². The maximum atomic E-state index is 9.35. The van der Waals surface area contributed by atoms with Gasteiger partial charge >= 0.3 is 0 Å². The van der Waals surface area contributed by atoms with Gasteiger partial charge in [0.1, 0.15) is 0 Å². The average Bonchev–Trinajstić information content (AvgIpc) is 2.67. The number of anilines is 2. The van der Waals surface area contributed by atoms with Crippen molar-refractivity contribution in [1.82, 2.24) is 0 Å². The van der Waals surface area contributed by atoms with Gasteiger partial charge in [0, 0.05) is 31.5 Å². The van der Waals surface area contributed by atoms with Crippen LogP contribution in [0.2, 0.25) is 0 Å². The quantitative estimate of drug-likeness (QED) is 0.787.